The summed E-state index contributed by atoms with van der Waals surface area (Å²) < 4.78 is 5.03. The molecule has 0 spiro atoms. The van der Waals surface area contributed by atoms with Crippen LogP contribution in [0.15, 0.2) is 48.5 Å². The molecule has 0 aliphatic carbocycles. The average molecular weight is 285 g/mol. The van der Waals surface area contributed by atoms with Gasteiger partial charge in [0.05, 0.1) is 7.11 Å². The molecule has 2 rings (SSSR count). The molecular formula is C15H15N3O3. The summed E-state index contributed by atoms with van der Waals surface area (Å²) in [6.07, 6.45) is 0. The minimum atomic E-state index is -0.547. The van der Waals surface area contributed by atoms with Crippen LogP contribution in [0.2, 0.25) is 0 Å². The quantitative estimate of drug-likeness (QED) is 0.805. The molecular weight excluding hydrogens is 270 g/mol. The number of benzene rings is 2. The lowest BCUT2D eigenvalue weighted by Crippen LogP contribution is -2.20. The summed E-state index contributed by atoms with van der Waals surface area (Å²) in [6, 6.07) is 12.9. The molecule has 3 amide bonds. The monoisotopic (exact) mass is 285 g/mol. The number of ether oxygens (including phenoxy) is 1. The Morgan fingerprint density at radius 3 is 2.29 bits per heavy atom. The average Bonchev–Trinajstić information content (AvgIpc) is 2.48. The van der Waals surface area contributed by atoms with Gasteiger partial charge in [-0.05, 0) is 42.5 Å². The number of amides is 3. The Kier molecular flexibility index (Phi) is 4.40. The van der Waals surface area contributed by atoms with Gasteiger partial charge in [0.15, 0.2) is 0 Å². The third kappa shape index (κ3) is 3.97. The van der Waals surface area contributed by atoms with Gasteiger partial charge in [0, 0.05) is 16.9 Å². The fraction of sp³-hybridized carbons (Fsp3) is 0.0667. The Morgan fingerprint density at radius 1 is 1.00 bits per heavy atom. The van der Waals surface area contributed by atoms with Crippen LogP contribution in [0.3, 0.4) is 0 Å². The van der Waals surface area contributed by atoms with Crippen LogP contribution in [-0.4, -0.2) is 19.0 Å². The normalized spacial score (nSPS) is 9.76. The molecule has 0 unspecified atom stereocenters. The van der Waals surface area contributed by atoms with E-state index >= 15 is 0 Å². The Morgan fingerprint density at radius 2 is 1.67 bits per heavy atom. The van der Waals surface area contributed by atoms with Crippen LogP contribution in [0.25, 0.3) is 0 Å². The number of urea groups is 1. The second-order valence-corrected chi connectivity index (χ2v) is 4.25. The lowest BCUT2D eigenvalue weighted by Gasteiger charge is -2.09. The van der Waals surface area contributed by atoms with E-state index in [4.69, 9.17) is 10.5 Å². The SMILES string of the molecule is COc1ccc(NC(=O)Nc2cccc(C(N)=O)c2)cc1. The standard InChI is InChI=1S/C15H15N3O3/c1-21-13-7-5-11(6-8-13)17-15(20)18-12-4-2-3-10(9-12)14(16)19/h2-9H,1H3,(H2,16,19)(H2,17,18,20). The van der Waals surface area contributed by atoms with Gasteiger partial charge in [-0.1, -0.05) is 6.07 Å². The molecule has 0 heterocycles. The molecule has 0 aromatic heterocycles. The molecule has 108 valence electrons. The van der Waals surface area contributed by atoms with Gasteiger partial charge in [0.2, 0.25) is 5.91 Å². The maximum Gasteiger partial charge on any atom is 0.323 e. The predicted octanol–water partition coefficient (Wildman–Crippen LogP) is 2.44. The zero-order valence-electron chi connectivity index (χ0n) is 11.4. The number of nitrogens with two attached hydrogens (primary N) is 1. The van der Waals surface area contributed by atoms with E-state index in [1.54, 1.807) is 49.6 Å². The van der Waals surface area contributed by atoms with E-state index in [1.165, 1.54) is 6.07 Å². The molecule has 6 heteroatoms. The summed E-state index contributed by atoms with van der Waals surface area (Å²) in [6.45, 7) is 0. The highest BCUT2D eigenvalue weighted by Gasteiger charge is 2.05. The minimum Gasteiger partial charge on any atom is -0.497 e. The molecule has 0 fully saturated rings. The Balaban J connectivity index is 2.00. The molecule has 2 aromatic carbocycles. The first-order chi connectivity index (χ1) is 10.1. The number of primary amides is 1. The molecule has 21 heavy (non-hydrogen) atoms. The predicted molar refractivity (Wildman–Crippen MR) is 80.6 cm³/mol. The fourth-order valence-electron chi connectivity index (χ4n) is 1.72. The highest BCUT2D eigenvalue weighted by atomic mass is 16.5. The van der Waals surface area contributed by atoms with Crippen molar-refractivity contribution in [2.45, 2.75) is 0 Å². The summed E-state index contributed by atoms with van der Waals surface area (Å²) in [7, 11) is 1.57. The largest absolute Gasteiger partial charge is 0.497 e. The number of hydrogen-bond acceptors (Lipinski definition) is 3. The van der Waals surface area contributed by atoms with Crippen molar-refractivity contribution in [2.24, 2.45) is 5.73 Å². The van der Waals surface area contributed by atoms with Crippen LogP contribution in [0.5, 0.6) is 5.75 Å². The zero-order valence-corrected chi connectivity index (χ0v) is 11.4. The second-order valence-electron chi connectivity index (χ2n) is 4.25. The van der Waals surface area contributed by atoms with E-state index in [2.05, 4.69) is 10.6 Å². The van der Waals surface area contributed by atoms with Crippen LogP contribution >= 0.6 is 0 Å². The molecule has 2 aromatic rings. The molecule has 0 saturated heterocycles. The first-order valence-electron chi connectivity index (χ1n) is 6.20. The van der Waals surface area contributed by atoms with Gasteiger partial charge in [-0.2, -0.15) is 0 Å². The number of carbonyl (C=O) groups excluding carboxylic acids is 2. The van der Waals surface area contributed by atoms with Gasteiger partial charge < -0.3 is 21.1 Å². The molecule has 4 N–H and O–H groups in total. The third-order valence-corrected chi connectivity index (χ3v) is 2.75. The summed E-state index contributed by atoms with van der Waals surface area (Å²) in [5.74, 6) is 0.157. The van der Waals surface area contributed by atoms with E-state index in [1.807, 2.05) is 0 Å². The lowest BCUT2D eigenvalue weighted by atomic mass is 10.2. The van der Waals surface area contributed by atoms with E-state index in [-0.39, 0.29) is 0 Å². The summed E-state index contributed by atoms with van der Waals surface area (Å²) in [5, 5.41) is 5.29. The third-order valence-electron chi connectivity index (χ3n) is 2.75. The van der Waals surface area contributed by atoms with Crippen LogP contribution in [0.4, 0.5) is 16.2 Å². The molecule has 0 aliphatic heterocycles. The molecule has 0 radical (unpaired) electrons. The fourth-order valence-corrected chi connectivity index (χ4v) is 1.72. The van der Waals surface area contributed by atoms with Crippen molar-refractivity contribution in [3.05, 3.63) is 54.1 Å². The number of carbonyl (C=O) groups is 2. The van der Waals surface area contributed by atoms with Crippen molar-refractivity contribution in [2.75, 3.05) is 17.7 Å². The molecule has 0 saturated carbocycles. The summed E-state index contributed by atoms with van der Waals surface area (Å²) in [5.41, 5.74) is 6.62. The Bertz CT molecular complexity index is 653. The van der Waals surface area contributed by atoms with E-state index in [0.717, 1.165) is 0 Å². The lowest BCUT2D eigenvalue weighted by molar-refractivity contribution is 0.100. The Labute approximate surface area is 121 Å². The smallest absolute Gasteiger partial charge is 0.323 e. The zero-order chi connectivity index (χ0) is 15.2. The maximum absolute atomic E-state index is 11.8. The Hall–Kier alpha value is -3.02. The highest BCUT2D eigenvalue weighted by Crippen LogP contribution is 2.16. The molecule has 6 nitrogen and oxygen atoms in total. The summed E-state index contributed by atoms with van der Waals surface area (Å²) >= 11 is 0. The second kappa shape index (κ2) is 6.42. The number of rotatable bonds is 4. The maximum atomic E-state index is 11.8. The van der Waals surface area contributed by atoms with Crippen LogP contribution in [0, 0.1) is 0 Å². The van der Waals surface area contributed by atoms with Crippen molar-refractivity contribution in [1.29, 1.82) is 0 Å². The number of anilines is 2. The van der Waals surface area contributed by atoms with Crippen molar-refractivity contribution in [3.8, 4) is 5.75 Å². The van der Waals surface area contributed by atoms with E-state index in [9.17, 15) is 9.59 Å². The van der Waals surface area contributed by atoms with E-state index in [0.29, 0.717) is 22.7 Å². The van der Waals surface area contributed by atoms with Crippen LogP contribution < -0.4 is 21.1 Å². The summed E-state index contributed by atoms with van der Waals surface area (Å²) in [4.78, 5) is 22.9. The number of hydrogen-bond donors (Lipinski definition) is 3. The van der Waals surface area contributed by atoms with E-state index < -0.39 is 11.9 Å². The van der Waals surface area contributed by atoms with Crippen molar-refractivity contribution < 1.29 is 14.3 Å². The van der Waals surface area contributed by atoms with Gasteiger partial charge in [0.25, 0.3) is 0 Å². The van der Waals surface area contributed by atoms with Gasteiger partial charge in [-0.25, -0.2) is 4.79 Å². The van der Waals surface area contributed by atoms with Gasteiger partial charge >= 0.3 is 6.03 Å². The van der Waals surface area contributed by atoms with Crippen molar-refractivity contribution >= 4 is 23.3 Å². The number of methoxy groups -OCH3 is 1. The van der Waals surface area contributed by atoms with Crippen molar-refractivity contribution in [3.63, 3.8) is 0 Å². The topological polar surface area (TPSA) is 93.4 Å². The van der Waals surface area contributed by atoms with Gasteiger partial charge in [-0.3, -0.25) is 4.79 Å². The van der Waals surface area contributed by atoms with Gasteiger partial charge in [0.1, 0.15) is 5.75 Å². The first kappa shape index (κ1) is 14.4. The molecule has 0 bridgehead atoms. The first-order valence-corrected chi connectivity index (χ1v) is 6.20. The highest BCUT2D eigenvalue weighted by molar-refractivity contribution is 6.01. The van der Waals surface area contributed by atoms with Crippen LogP contribution in [0.1, 0.15) is 10.4 Å². The van der Waals surface area contributed by atoms with Gasteiger partial charge in [-0.15, -0.1) is 0 Å². The van der Waals surface area contributed by atoms with Crippen molar-refractivity contribution in [1.82, 2.24) is 0 Å². The molecule has 0 atom stereocenters. The number of nitrogens with one attached hydrogen (secondary N) is 2. The minimum absolute atomic E-state index is 0.331. The van der Waals surface area contributed by atoms with Crippen LogP contribution in [-0.2, 0) is 0 Å². The molecule has 0 aliphatic rings.